The van der Waals surface area contributed by atoms with Crippen molar-refractivity contribution in [2.75, 3.05) is 7.11 Å². The summed E-state index contributed by atoms with van der Waals surface area (Å²) in [6.45, 7) is 2.44. The van der Waals surface area contributed by atoms with E-state index in [1.807, 2.05) is 6.92 Å². The molecule has 2 rings (SSSR count). The number of benzene rings is 1. The van der Waals surface area contributed by atoms with Gasteiger partial charge in [-0.25, -0.2) is 4.39 Å². The Bertz CT molecular complexity index is 619. The van der Waals surface area contributed by atoms with Crippen molar-refractivity contribution < 1.29 is 13.9 Å². The quantitative estimate of drug-likeness (QED) is 0.796. The van der Waals surface area contributed by atoms with E-state index in [0.717, 1.165) is 0 Å². The van der Waals surface area contributed by atoms with Crippen molar-refractivity contribution >= 4 is 17.4 Å². The third-order valence-electron chi connectivity index (χ3n) is 2.96. The van der Waals surface area contributed by atoms with Crippen LogP contribution in [0.2, 0.25) is 5.02 Å². The molecule has 0 unspecified atom stereocenters. The second-order valence-electron chi connectivity index (χ2n) is 4.21. The maximum Gasteiger partial charge on any atom is 0.189 e. The number of carbonyl (C=O) groups excluding carboxylic acids is 1. The van der Waals surface area contributed by atoms with Crippen molar-refractivity contribution in [2.45, 2.75) is 19.9 Å². The average Bonchev–Trinajstić information content (AvgIpc) is 2.84. The topological polar surface area (TPSA) is 44.1 Å². The number of hydrogen-bond donors (Lipinski definition) is 0. The Morgan fingerprint density at radius 2 is 2.25 bits per heavy atom. The van der Waals surface area contributed by atoms with Gasteiger partial charge in [0.25, 0.3) is 0 Å². The molecule has 1 aromatic heterocycles. The summed E-state index contributed by atoms with van der Waals surface area (Å²) < 4.78 is 19.7. The number of Topliss-reactive ketones (excluding diaryl/α,β-unsaturated/α-hetero) is 1. The van der Waals surface area contributed by atoms with Crippen LogP contribution < -0.4 is 4.74 Å². The van der Waals surface area contributed by atoms with Crippen LogP contribution in [0.15, 0.2) is 24.4 Å². The molecule has 0 fully saturated rings. The lowest BCUT2D eigenvalue weighted by Crippen LogP contribution is -2.13. The number of aromatic nitrogens is 2. The summed E-state index contributed by atoms with van der Waals surface area (Å²) in [7, 11) is 1.48. The average molecular weight is 297 g/mol. The van der Waals surface area contributed by atoms with Gasteiger partial charge in [-0.05, 0) is 24.6 Å². The number of hydrogen-bond acceptors (Lipinski definition) is 3. The molecule has 0 aliphatic heterocycles. The van der Waals surface area contributed by atoms with Gasteiger partial charge in [0, 0.05) is 18.0 Å². The highest BCUT2D eigenvalue weighted by Crippen LogP contribution is 2.23. The van der Waals surface area contributed by atoms with Gasteiger partial charge in [-0.15, -0.1) is 0 Å². The Balaban J connectivity index is 2.30. The molecule has 0 saturated carbocycles. The van der Waals surface area contributed by atoms with E-state index in [1.54, 1.807) is 4.68 Å². The molecule has 0 aliphatic carbocycles. The van der Waals surface area contributed by atoms with Crippen LogP contribution in [0.25, 0.3) is 0 Å². The first-order chi connectivity index (χ1) is 9.56. The lowest BCUT2D eigenvalue weighted by atomic mass is 10.1. The molecule has 0 aliphatic rings. The molecule has 2 aromatic rings. The van der Waals surface area contributed by atoms with Gasteiger partial charge < -0.3 is 4.74 Å². The molecule has 20 heavy (non-hydrogen) atoms. The zero-order chi connectivity index (χ0) is 14.7. The maximum atomic E-state index is 13.0. The highest BCUT2D eigenvalue weighted by atomic mass is 35.5. The summed E-state index contributed by atoms with van der Waals surface area (Å²) in [5.74, 6) is -0.174. The molecule has 6 heteroatoms. The Labute approximate surface area is 121 Å². The first-order valence-electron chi connectivity index (χ1n) is 6.13. The Kier molecular flexibility index (Phi) is 4.39. The Morgan fingerprint density at radius 1 is 1.50 bits per heavy atom. The number of aryl methyl sites for hydroxylation is 1. The second kappa shape index (κ2) is 6.05. The van der Waals surface area contributed by atoms with Crippen molar-refractivity contribution in [3.8, 4) is 5.75 Å². The molecule has 0 N–H and O–H groups in total. The first-order valence-corrected chi connectivity index (χ1v) is 6.51. The lowest BCUT2D eigenvalue weighted by molar-refractivity contribution is 0.0979. The minimum atomic E-state index is -0.428. The molecule has 0 saturated heterocycles. The third-order valence-corrected chi connectivity index (χ3v) is 3.31. The van der Waals surface area contributed by atoms with Crippen molar-refractivity contribution in [3.05, 3.63) is 46.5 Å². The van der Waals surface area contributed by atoms with E-state index < -0.39 is 5.82 Å². The predicted molar refractivity (Wildman–Crippen MR) is 73.9 cm³/mol. The molecule has 0 amide bonds. The van der Waals surface area contributed by atoms with Gasteiger partial charge in [-0.3, -0.25) is 9.48 Å². The minimum absolute atomic E-state index is 0.0706. The summed E-state index contributed by atoms with van der Waals surface area (Å²) in [6.07, 6.45) is 1.57. The standard InChI is InChI=1S/C14H14ClFN2O2/c1-3-18-14(13(20-2)8-17-18)12(19)6-9-4-5-10(16)7-11(9)15/h4-5,7-8H,3,6H2,1-2H3. The summed E-state index contributed by atoms with van der Waals surface area (Å²) >= 11 is 5.94. The van der Waals surface area contributed by atoms with Gasteiger partial charge in [-0.2, -0.15) is 5.10 Å². The van der Waals surface area contributed by atoms with Crippen LogP contribution in [0, 0.1) is 5.82 Å². The molecular formula is C14H14ClFN2O2. The second-order valence-corrected chi connectivity index (χ2v) is 4.62. The van der Waals surface area contributed by atoms with Crippen LogP contribution in [-0.4, -0.2) is 22.7 Å². The third kappa shape index (κ3) is 2.82. The van der Waals surface area contributed by atoms with E-state index in [4.69, 9.17) is 16.3 Å². The van der Waals surface area contributed by atoms with E-state index in [9.17, 15) is 9.18 Å². The van der Waals surface area contributed by atoms with Gasteiger partial charge in [-0.1, -0.05) is 17.7 Å². The van der Waals surface area contributed by atoms with Crippen LogP contribution in [0.4, 0.5) is 4.39 Å². The summed E-state index contributed by atoms with van der Waals surface area (Å²) in [6, 6.07) is 3.98. The maximum absolute atomic E-state index is 13.0. The van der Waals surface area contributed by atoms with Gasteiger partial charge in [0.1, 0.15) is 11.5 Å². The van der Waals surface area contributed by atoms with Crippen LogP contribution in [0.1, 0.15) is 23.0 Å². The number of halogens is 2. The van der Waals surface area contributed by atoms with Crippen LogP contribution >= 0.6 is 11.6 Å². The van der Waals surface area contributed by atoms with Gasteiger partial charge in [0.05, 0.1) is 13.3 Å². The molecule has 4 nitrogen and oxygen atoms in total. The van der Waals surface area contributed by atoms with E-state index in [-0.39, 0.29) is 17.2 Å². The van der Waals surface area contributed by atoms with E-state index in [2.05, 4.69) is 5.10 Å². The van der Waals surface area contributed by atoms with Crippen molar-refractivity contribution in [3.63, 3.8) is 0 Å². The zero-order valence-electron chi connectivity index (χ0n) is 11.2. The number of ether oxygens (including phenoxy) is 1. The predicted octanol–water partition coefficient (Wildman–Crippen LogP) is 3.13. The minimum Gasteiger partial charge on any atom is -0.493 e. The number of carbonyl (C=O) groups is 1. The number of methoxy groups -OCH3 is 1. The molecule has 0 spiro atoms. The molecule has 0 atom stereocenters. The molecule has 106 valence electrons. The molecule has 1 heterocycles. The van der Waals surface area contributed by atoms with E-state index in [0.29, 0.717) is 23.6 Å². The van der Waals surface area contributed by atoms with Crippen LogP contribution in [0.5, 0.6) is 5.75 Å². The Morgan fingerprint density at radius 3 is 2.85 bits per heavy atom. The number of ketones is 1. The van der Waals surface area contributed by atoms with Crippen molar-refractivity contribution in [1.82, 2.24) is 9.78 Å². The number of rotatable bonds is 5. The first kappa shape index (κ1) is 14.5. The fourth-order valence-electron chi connectivity index (χ4n) is 1.96. The molecule has 0 bridgehead atoms. The largest absolute Gasteiger partial charge is 0.493 e. The number of nitrogens with zero attached hydrogens (tertiary/aromatic N) is 2. The van der Waals surface area contributed by atoms with Gasteiger partial charge in [0.2, 0.25) is 0 Å². The zero-order valence-corrected chi connectivity index (χ0v) is 11.9. The normalized spacial score (nSPS) is 10.6. The molecular weight excluding hydrogens is 283 g/mol. The fourth-order valence-corrected chi connectivity index (χ4v) is 2.19. The van der Waals surface area contributed by atoms with Crippen LogP contribution in [0.3, 0.4) is 0 Å². The van der Waals surface area contributed by atoms with Crippen molar-refractivity contribution in [1.29, 1.82) is 0 Å². The SMILES string of the molecule is CCn1ncc(OC)c1C(=O)Cc1ccc(F)cc1Cl. The molecule has 0 radical (unpaired) electrons. The highest BCUT2D eigenvalue weighted by Gasteiger charge is 2.20. The van der Waals surface area contributed by atoms with Gasteiger partial charge >= 0.3 is 0 Å². The lowest BCUT2D eigenvalue weighted by Gasteiger charge is -2.07. The summed E-state index contributed by atoms with van der Waals surface area (Å²) in [5.41, 5.74) is 0.972. The van der Waals surface area contributed by atoms with Crippen molar-refractivity contribution in [2.24, 2.45) is 0 Å². The fraction of sp³-hybridized carbons (Fsp3) is 0.286. The summed E-state index contributed by atoms with van der Waals surface area (Å²) in [4.78, 5) is 12.4. The van der Waals surface area contributed by atoms with E-state index >= 15 is 0 Å². The van der Waals surface area contributed by atoms with Crippen LogP contribution in [-0.2, 0) is 13.0 Å². The Hall–Kier alpha value is -1.88. The smallest absolute Gasteiger partial charge is 0.189 e. The van der Waals surface area contributed by atoms with Gasteiger partial charge in [0.15, 0.2) is 11.5 Å². The molecule has 1 aromatic carbocycles. The summed E-state index contributed by atoms with van der Waals surface area (Å²) in [5, 5.41) is 4.32. The monoisotopic (exact) mass is 296 g/mol. The highest BCUT2D eigenvalue weighted by molar-refractivity contribution is 6.31. The van der Waals surface area contributed by atoms with E-state index in [1.165, 1.54) is 31.5 Å².